The van der Waals surface area contributed by atoms with Crippen LogP contribution in [0.3, 0.4) is 0 Å². The Morgan fingerprint density at radius 1 is 1.70 bits per heavy atom. The Kier molecular flexibility index (Phi) is 3.70. The van der Waals surface area contributed by atoms with Gasteiger partial charge in [-0.2, -0.15) is 0 Å². The van der Waals surface area contributed by atoms with Crippen LogP contribution in [0.4, 0.5) is 0 Å². The van der Waals surface area contributed by atoms with E-state index in [0.717, 1.165) is 0 Å². The number of nitrogens with one attached hydrogen (secondary N) is 1. The van der Waals surface area contributed by atoms with Crippen molar-refractivity contribution in [2.45, 2.75) is 0 Å². The molecule has 0 aliphatic rings. The van der Waals surface area contributed by atoms with Gasteiger partial charge in [-0.05, 0) is 0 Å². The maximum absolute atomic E-state index is 10.1. The van der Waals surface area contributed by atoms with Crippen LogP contribution in [-0.4, -0.2) is 18.8 Å². The maximum atomic E-state index is 10.1. The Morgan fingerprint density at radius 3 is 2.70 bits per heavy atom. The van der Waals surface area contributed by atoms with Crippen LogP contribution in [0, 0.1) is 0 Å². The summed E-state index contributed by atoms with van der Waals surface area (Å²) in [5.41, 5.74) is 9.87. The monoisotopic (exact) mass is 142 g/mol. The van der Waals surface area contributed by atoms with E-state index >= 15 is 0 Å². The highest BCUT2D eigenvalue weighted by atomic mass is 16.1. The number of aliphatic imine (C=N–C) groups is 1. The van der Waals surface area contributed by atoms with Crippen molar-refractivity contribution in [2.75, 3.05) is 6.54 Å². The topological polar surface area (TPSA) is 93.5 Å². The quantitative estimate of drug-likeness (QED) is 0.330. The van der Waals surface area contributed by atoms with E-state index in [2.05, 4.69) is 16.9 Å². The molecule has 5 N–H and O–H groups in total. The minimum Gasteiger partial charge on any atom is -0.386 e. The van der Waals surface area contributed by atoms with Gasteiger partial charge >= 0.3 is 0 Å². The van der Waals surface area contributed by atoms with Crippen LogP contribution in [0.25, 0.3) is 0 Å². The van der Waals surface area contributed by atoms with Crippen LogP contribution in [0.5, 0.6) is 0 Å². The van der Waals surface area contributed by atoms with E-state index in [1.54, 1.807) is 0 Å². The third kappa shape index (κ3) is 6.48. The van der Waals surface area contributed by atoms with Crippen molar-refractivity contribution in [3.05, 3.63) is 12.4 Å². The lowest BCUT2D eigenvalue weighted by molar-refractivity contribution is -0.116. The molecule has 56 valence electrons. The summed E-state index contributed by atoms with van der Waals surface area (Å²) in [6.45, 7) is 3.29. The Hall–Kier alpha value is -1.52. The molecule has 0 bridgehead atoms. The SMILES string of the molecule is C=C(N)NC=NCC(N)=O. The average molecular weight is 142 g/mol. The number of amides is 1. The average Bonchev–Trinajstić information content (AvgIpc) is 1.79. The summed E-state index contributed by atoms with van der Waals surface area (Å²) in [7, 11) is 0. The molecule has 0 aromatic carbocycles. The Bertz CT molecular complexity index is 145. The standard InChI is InChI=1S/C5H10N4O/c1-4(6)9-3-8-2-5(7)10/h3H,1-2,6H2,(H2,7,10)(H,8,9). The molecule has 0 spiro atoms. The highest BCUT2D eigenvalue weighted by Gasteiger charge is 1.85. The largest absolute Gasteiger partial charge is 0.386 e. The molecule has 10 heavy (non-hydrogen) atoms. The Balaban J connectivity index is 3.38. The van der Waals surface area contributed by atoms with E-state index < -0.39 is 5.91 Å². The molecule has 0 aromatic rings. The lowest BCUT2D eigenvalue weighted by atomic mass is 10.6. The fourth-order valence-electron chi connectivity index (χ4n) is 0.264. The number of primary amides is 1. The highest BCUT2D eigenvalue weighted by Crippen LogP contribution is 1.65. The maximum Gasteiger partial charge on any atom is 0.239 e. The van der Waals surface area contributed by atoms with Crippen LogP contribution in [0.15, 0.2) is 17.4 Å². The summed E-state index contributed by atoms with van der Waals surface area (Å²) in [6.07, 6.45) is 1.27. The molecular formula is C5H10N4O. The summed E-state index contributed by atoms with van der Waals surface area (Å²) in [4.78, 5) is 13.6. The zero-order valence-corrected chi connectivity index (χ0v) is 5.50. The van der Waals surface area contributed by atoms with Crippen molar-refractivity contribution < 1.29 is 4.79 Å². The molecule has 0 fully saturated rings. The van der Waals surface area contributed by atoms with Gasteiger partial charge in [0.15, 0.2) is 0 Å². The van der Waals surface area contributed by atoms with Crippen LogP contribution in [0.1, 0.15) is 0 Å². The van der Waals surface area contributed by atoms with E-state index in [4.69, 9.17) is 11.5 Å². The molecule has 1 amide bonds. The number of hydrogen-bond acceptors (Lipinski definition) is 3. The van der Waals surface area contributed by atoms with Gasteiger partial charge in [0.2, 0.25) is 5.91 Å². The molecule has 0 aromatic heterocycles. The van der Waals surface area contributed by atoms with Gasteiger partial charge in [-0.15, -0.1) is 0 Å². The Labute approximate surface area is 58.8 Å². The van der Waals surface area contributed by atoms with Crippen LogP contribution in [-0.2, 0) is 4.79 Å². The first-order chi connectivity index (χ1) is 4.63. The van der Waals surface area contributed by atoms with E-state index in [-0.39, 0.29) is 12.4 Å². The number of carbonyl (C=O) groups is 1. The fraction of sp³-hybridized carbons (Fsp3) is 0.200. The second kappa shape index (κ2) is 4.37. The van der Waals surface area contributed by atoms with Crippen molar-refractivity contribution in [1.29, 1.82) is 0 Å². The van der Waals surface area contributed by atoms with Gasteiger partial charge in [0.25, 0.3) is 0 Å². The second-order valence-corrected chi connectivity index (χ2v) is 1.61. The van der Waals surface area contributed by atoms with E-state index in [1.807, 2.05) is 0 Å². The van der Waals surface area contributed by atoms with Crippen LogP contribution < -0.4 is 16.8 Å². The summed E-state index contributed by atoms with van der Waals surface area (Å²) in [5, 5.41) is 2.48. The van der Waals surface area contributed by atoms with Gasteiger partial charge in [-0.3, -0.25) is 9.79 Å². The van der Waals surface area contributed by atoms with Crippen molar-refractivity contribution in [3.63, 3.8) is 0 Å². The first-order valence-electron chi connectivity index (χ1n) is 2.60. The zero-order chi connectivity index (χ0) is 7.98. The van der Waals surface area contributed by atoms with Crippen molar-refractivity contribution in [3.8, 4) is 0 Å². The molecule has 0 radical (unpaired) electrons. The molecule has 0 unspecified atom stereocenters. The van der Waals surface area contributed by atoms with Gasteiger partial charge in [0.05, 0.1) is 12.2 Å². The first kappa shape index (κ1) is 8.48. The second-order valence-electron chi connectivity index (χ2n) is 1.61. The van der Waals surface area contributed by atoms with Gasteiger partial charge in [-0.1, -0.05) is 6.58 Å². The first-order valence-corrected chi connectivity index (χ1v) is 2.60. The third-order valence-corrected chi connectivity index (χ3v) is 0.588. The predicted octanol–water partition coefficient (Wildman–Crippen LogP) is -1.48. The number of nitrogens with two attached hydrogens (primary N) is 2. The minimum atomic E-state index is -0.485. The van der Waals surface area contributed by atoms with E-state index in [9.17, 15) is 4.79 Å². The molecular weight excluding hydrogens is 132 g/mol. The van der Waals surface area contributed by atoms with Gasteiger partial charge in [-0.25, -0.2) is 0 Å². The summed E-state index contributed by atoms with van der Waals surface area (Å²) >= 11 is 0. The zero-order valence-electron chi connectivity index (χ0n) is 5.50. The predicted molar refractivity (Wildman–Crippen MR) is 39.0 cm³/mol. The van der Waals surface area contributed by atoms with Gasteiger partial charge in [0.1, 0.15) is 6.54 Å². The number of rotatable bonds is 4. The van der Waals surface area contributed by atoms with Gasteiger partial charge in [0, 0.05) is 0 Å². The molecule has 0 saturated heterocycles. The summed E-state index contributed by atoms with van der Waals surface area (Å²) in [6, 6.07) is 0. The molecule has 0 aliphatic carbocycles. The van der Waals surface area contributed by atoms with Gasteiger partial charge < -0.3 is 16.8 Å². The molecule has 0 heterocycles. The van der Waals surface area contributed by atoms with Crippen LogP contribution in [0.2, 0.25) is 0 Å². The van der Waals surface area contributed by atoms with Crippen molar-refractivity contribution in [1.82, 2.24) is 5.32 Å². The summed E-state index contributed by atoms with van der Waals surface area (Å²) in [5.74, 6) is -0.214. The van der Waals surface area contributed by atoms with E-state index in [0.29, 0.717) is 0 Å². The normalized spacial score (nSPS) is 9.60. The lowest BCUT2D eigenvalue weighted by Gasteiger charge is -1.93. The van der Waals surface area contributed by atoms with Crippen LogP contribution >= 0.6 is 0 Å². The molecule has 0 rings (SSSR count). The highest BCUT2D eigenvalue weighted by molar-refractivity contribution is 5.77. The molecule has 0 atom stereocenters. The fourth-order valence-corrected chi connectivity index (χ4v) is 0.264. The molecule has 0 saturated carbocycles. The molecule has 0 aliphatic heterocycles. The van der Waals surface area contributed by atoms with Crippen molar-refractivity contribution in [2.24, 2.45) is 16.5 Å². The summed E-state index contributed by atoms with van der Waals surface area (Å²) < 4.78 is 0. The molecule has 5 nitrogen and oxygen atoms in total. The minimum absolute atomic E-state index is 0.0414. The Morgan fingerprint density at radius 2 is 2.30 bits per heavy atom. The van der Waals surface area contributed by atoms with Crippen molar-refractivity contribution >= 4 is 12.2 Å². The number of nitrogens with zero attached hydrogens (tertiary/aromatic N) is 1. The van der Waals surface area contributed by atoms with E-state index in [1.165, 1.54) is 6.34 Å². The number of carbonyl (C=O) groups excluding carboxylic acids is 1. The third-order valence-electron chi connectivity index (χ3n) is 0.588. The lowest BCUT2D eigenvalue weighted by Crippen LogP contribution is -2.19. The number of hydrogen-bond donors (Lipinski definition) is 3. The smallest absolute Gasteiger partial charge is 0.239 e. The molecule has 5 heteroatoms.